The topological polar surface area (TPSA) is 66.4 Å². The van der Waals surface area contributed by atoms with E-state index in [9.17, 15) is 14.0 Å². The van der Waals surface area contributed by atoms with E-state index in [1.807, 2.05) is 0 Å². The second kappa shape index (κ2) is 5.95. The molecule has 0 bridgehead atoms. The zero-order chi connectivity index (χ0) is 13.7. The van der Waals surface area contributed by atoms with Gasteiger partial charge in [-0.05, 0) is 25.5 Å². The summed E-state index contributed by atoms with van der Waals surface area (Å²) in [7, 11) is 0. The molecule has 0 aromatic heterocycles. The van der Waals surface area contributed by atoms with E-state index in [0.717, 1.165) is 6.07 Å². The van der Waals surface area contributed by atoms with Crippen molar-refractivity contribution in [1.29, 1.82) is 0 Å². The van der Waals surface area contributed by atoms with Crippen LogP contribution in [-0.4, -0.2) is 23.0 Å². The normalized spacial score (nSPS) is 11.7. The van der Waals surface area contributed by atoms with Crippen molar-refractivity contribution in [1.82, 2.24) is 5.32 Å². The number of carboxylic acid groups (broad SMARTS) is 1. The average Bonchev–Trinajstić information content (AvgIpc) is 2.27. The third-order valence-electron chi connectivity index (χ3n) is 2.27. The predicted molar refractivity (Wildman–Crippen MR) is 64.7 cm³/mol. The molecular formula is C13H14FNO3. The van der Waals surface area contributed by atoms with E-state index in [4.69, 9.17) is 5.11 Å². The van der Waals surface area contributed by atoms with Gasteiger partial charge in [0.25, 0.3) is 5.91 Å². The van der Waals surface area contributed by atoms with Gasteiger partial charge in [0.05, 0.1) is 5.56 Å². The highest BCUT2D eigenvalue weighted by atomic mass is 19.1. The molecule has 0 aliphatic carbocycles. The van der Waals surface area contributed by atoms with Crippen molar-refractivity contribution in [3.63, 3.8) is 0 Å². The highest BCUT2D eigenvalue weighted by molar-refractivity contribution is 5.96. The van der Waals surface area contributed by atoms with Crippen molar-refractivity contribution >= 4 is 11.9 Å². The van der Waals surface area contributed by atoms with Crippen LogP contribution in [0.3, 0.4) is 0 Å². The first-order chi connectivity index (χ1) is 8.41. The van der Waals surface area contributed by atoms with Crippen LogP contribution in [-0.2, 0) is 4.79 Å². The molecule has 0 spiro atoms. The minimum absolute atomic E-state index is 0.107. The van der Waals surface area contributed by atoms with Gasteiger partial charge in [-0.25, -0.2) is 9.18 Å². The molecule has 1 aromatic rings. The Morgan fingerprint density at radius 2 is 2.06 bits per heavy atom. The lowest BCUT2D eigenvalue weighted by atomic mass is 10.1. The van der Waals surface area contributed by atoms with E-state index in [0.29, 0.717) is 5.57 Å². The van der Waals surface area contributed by atoms with Gasteiger partial charge in [-0.15, -0.1) is 6.58 Å². The number of amides is 1. The van der Waals surface area contributed by atoms with Crippen molar-refractivity contribution in [2.24, 2.45) is 0 Å². The number of benzene rings is 1. The van der Waals surface area contributed by atoms with Crippen LogP contribution in [0.2, 0.25) is 0 Å². The van der Waals surface area contributed by atoms with E-state index < -0.39 is 23.7 Å². The minimum atomic E-state index is -1.18. The van der Waals surface area contributed by atoms with Gasteiger partial charge in [0, 0.05) is 0 Å². The van der Waals surface area contributed by atoms with Crippen molar-refractivity contribution in [2.75, 3.05) is 0 Å². The third kappa shape index (κ3) is 3.69. The first kappa shape index (κ1) is 13.9. The maximum Gasteiger partial charge on any atom is 0.326 e. The summed E-state index contributed by atoms with van der Waals surface area (Å²) in [6.45, 7) is 5.24. The first-order valence-electron chi connectivity index (χ1n) is 5.34. The van der Waals surface area contributed by atoms with E-state index in [1.165, 1.54) is 18.2 Å². The Balaban J connectivity index is 2.82. The van der Waals surface area contributed by atoms with Gasteiger partial charge in [-0.3, -0.25) is 4.79 Å². The molecule has 1 amide bonds. The number of carboxylic acids is 1. The molecule has 1 aromatic carbocycles. The van der Waals surface area contributed by atoms with E-state index >= 15 is 0 Å². The van der Waals surface area contributed by atoms with Crippen molar-refractivity contribution in [3.05, 3.63) is 47.8 Å². The molecule has 0 fully saturated rings. The molecule has 0 saturated carbocycles. The number of carbonyl (C=O) groups excluding carboxylic acids is 1. The zero-order valence-electron chi connectivity index (χ0n) is 9.94. The molecule has 1 atom stereocenters. The molecule has 0 unspecified atom stereocenters. The summed E-state index contributed by atoms with van der Waals surface area (Å²) in [4.78, 5) is 22.7. The summed E-state index contributed by atoms with van der Waals surface area (Å²) in [6, 6.07) is 4.30. The number of hydrogen-bond donors (Lipinski definition) is 2. The Morgan fingerprint density at radius 3 is 2.56 bits per heavy atom. The number of hydrogen-bond acceptors (Lipinski definition) is 2. The smallest absolute Gasteiger partial charge is 0.326 e. The fraction of sp³-hybridized carbons (Fsp3) is 0.231. The Morgan fingerprint density at radius 1 is 1.44 bits per heavy atom. The number of carbonyl (C=O) groups is 2. The lowest BCUT2D eigenvalue weighted by molar-refractivity contribution is -0.139. The molecule has 0 aliphatic rings. The summed E-state index contributed by atoms with van der Waals surface area (Å²) in [5, 5.41) is 11.2. The molecule has 96 valence electrons. The van der Waals surface area contributed by atoms with Crippen LogP contribution in [0, 0.1) is 5.82 Å². The fourth-order valence-corrected chi connectivity index (χ4v) is 1.43. The second-order valence-corrected chi connectivity index (χ2v) is 4.01. The number of rotatable bonds is 5. The Labute approximate surface area is 104 Å². The quantitative estimate of drug-likeness (QED) is 0.786. The Bertz CT molecular complexity index is 485. The first-order valence-corrected chi connectivity index (χ1v) is 5.34. The summed E-state index contributed by atoms with van der Waals surface area (Å²) >= 11 is 0. The summed E-state index contributed by atoms with van der Waals surface area (Å²) < 4.78 is 13.3. The maximum atomic E-state index is 13.3. The van der Waals surface area contributed by atoms with E-state index in [-0.39, 0.29) is 12.0 Å². The largest absolute Gasteiger partial charge is 0.480 e. The SMILES string of the molecule is C=C(C)C[C@@H](NC(=O)c1ccccc1F)C(=O)O. The zero-order valence-corrected chi connectivity index (χ0v) is 9.94. The molecule has 0 aliphatic heterocycles. The fourth-order valence-electron chi connectivity index (χ4n) is 1.43. The summed E-state index contributed by atoms with van der Waals surface area (Å²) in [5.41, 5.74) is 0.446. The minimum Gasteiger partial charge on any atom is -0.480 e. The lowest BCUT2D eigenvalue weighted by Gasteiger charge is -2.14. The van der Waals surface area contributed by atoms with E-state index in [2.05, 4.69) is 11.9 Å². The lowest BCUT2D eigenvalue weighted by Crippen LogP contribution is -2.41. The van der Waals surface area contributed by atoms with Gasteiger partial charge in [-0.1, -0.05) is 17.7 Å². The van der Waals surface area contributed by atoms with Gasteiger partial charge < -0.3 is 10.4 Å². The van der Waals surface area contributed by atoms with Gasteiger partial charge >= 0.3 is 5.97 Å². The molecule has 0 heterocycles. The summed E-state index contributed by atoms with van der Waals surface area (Å²) in [5.74, 6) is -2.61. The molecule has 4 nitrogen and oxygen atoms in total. The molecule has 5 heteroatoms. The van der Waals surface area contributed by atoms with Gasteiger partial charge in [0.1, 0.15) is 11.9 Å². The Hall–Kier alpha value is -2.17. The standard InChI is InChI=1S/C13H14FNO3/c1-8(2)7-11(13(17)18)15-12(16)9-5-3-4-6-10(9)14/h3-6,11H,1,7H2,2H3,(H,15,16)(H,17,18)/t11-/m1/s1. The molecule has 2 N–H and O–H groups in total. The number of aliphatic carboxylic acids is 1. The highest BCUT2D eigenvalue weighted by Crippen LogP contribution is 2.08. The number of halogens is 1. The number of nitrogens with one attached hydrogen (secondary N) is 1. The van der Waals surface area contributed by atoms with Crippen LogP contribution in [0.5, 0.6) is 0 Å². The molecule has 0 saturated heterocycles. The molecule has 0 radical (unpaired) electrons. The summed E-state index contributed by atoms with van der Waals surface area (Å²) in [6.07, 6.45) is 0.107. The van der Waals surface area contributed by atoms with Crippen molar-refractivity contribution < 1.29 is 19.1 Å². The van der Waals surface area contributed by atoms with Gasteiger partial charge in [0.2, 0.25) is 0 Å². The third-order valence-corrected chi connectivity index (χ3v) is 2.27. The second-order valence-electron chi connectivity index (χ2n) is 4.01. The van der Waals surface area contributed by atoms with E-state index in [1.54, 1.807) is 6.92 Å². The van der Waals surface area contributed by atoms with Gasteiger partial charge in [0.15, 0.2) is 0 Å². The van der Waals surface area contributed by atoms with Crippen LogP contribution >= 0.6 is 0 Å². The molecule has 18 heavy (non-hydrogen) atoms. The van der Waals surface area contributed by atoms with Crippen LogP contribution in [0.15, 0.2) is 36.4 Å². The van der Waals surface area contributed by atoms with Crippen LogP contribution in [0.25, 0.3) is 0 Å². The van der Waals surface area contributed by atoms with Crippen molar-refractivity contribution in [2.45, 2.75) is 19.4 Å². The predicted octanol–water partition coefficient (Wildman–Crippen LogP) is 1.97. The molecular weight excluding hydrogens is 237 g/mol. The Kier molecular flexibility index (Phi) is 4.59. The molecule has 1 rings (SSSR count). The average molecular weight is 251 g/mol. The highest BCUT2D eigenvalue weighted by Gasteiger charge is 2.21. The van der Waals surface area contributed by atoms with Crippen LogP contribution in [0.4, 0.5) is 4.39 Å². The monoisotopic (exact) mass is 251 g/mol. The van der Waals surface area contributed by atoms with Crippen molar-refractivity contribution in [3.8, 4) is 0 Å². The van der Waals surface area contributed by atoms with Gasteiger partial charge in [-0.2, -0.15) is 0 Å². The maximum absolute atomic E-state index is 13.3. The van der Waals surface area contributed by atoms with Crippen LogP contribution < -0.4 is 5.32 Å². The van der Waals surface area contributed by atoms with Crippen LogP contribution in [0.1, 0.15) is 23.7 Å².